The van der Waals surface area contributed by atoms with Gasteiger partial charge in [-0.2, -0.15) is 0 Å². The molecule has 1 rings (SSSR count). The smallest absolute Gasteiger partial charge is 0.129 e. The predicted octanol–water partition coefficient (Wildman–Crippen LogP) is 1.15. The van der Waals surface area contributed by atoms with Crippen molar-refractivity contribution in [3.63, 3.8) is 0 Å². The van der Waals surface area contributed by atoms with E-state index in [2.05, 4.69) is 16.9 Å². The van der Waals surface area contributed by atoms with E-state index in [0.717, 1.165) is 25.1 Å². The standard InChI is InChI=1S/C9H15N3/c1-2-4-8(10)7-9-11-5-3-6-12-9/h3,5-6,8H,2,4,7,10H2,1H3. The molecule has 3 nitrogen and oxygen atoms in total. The maximum Gasteiger partial charge on any atom is 0.129 e. The van der Waals surface area contributed by atoms with Crippen LogP contribution in [-0.4, -0.2) is 16.0 Å². The van der Waals surface area contributed by atoms with Gasteiger partial charge >= 0.3 is 0 Å². The Morgan fingerprint density at radius 1 is 1.42 bits per heavy atom. The van der Waals surface area contributed by atoms with Gasteiger partial charge in [-0.3, -0.25) is 0 Å². The maximum atomic E-state index is 5.84. The van der Waals surface area contributed by atoms with E-state index in [1.807, 2.05) is 6.07 Å². The summed E-state index contributed by atoms with van der Waals surface area (Å²) in [6.45, 7) is 2.13. The second-order valence-corrected chi connectivity index (χ2v) is 2.92. The lowest BCUT2D eigenvalue weighted by atomic mass is 10.1. The molecule has 1 atom stereocenters. The first-order chi connectivity index (χ1) is 5.83. The van der Waals surface area contributed by atoms with Gasteiger partial charge in [-0.25, -0.2) is 9.97 Å². The summed E-state index contributed by atoms with van der Waals surface area (Å²) in [5, 5.41) is 0. The molecule has 1 unspecified atom stereocenters. The van der Waals surface area contributed by atoms with Crippen molar-refractivity contribution in [2.75, 3.05) is 0 Å². The number of nitrogens with two attached hydrogens (primary N) is 1. The first-order valence-electron chi connectivity index (χ1n) is 4.34. The molecule has 3 heteroatoms. The zero-order valence-electron chi connectivity index (χ0n) is 7.40. The normalized spacial score (nSPS) is 12.8. The van der Waals surface area contributed by atoms with Gasteiger partial charge in [-0.15, -0.1) is 0 Å². The molecule has 0 radical (unpaired) electrons. The highest BCUT2D eigenvalue weighted by molar-refractivity contribution is 4.91. The number of nitrogens with zero attached hydrogens (tertiary/aromatic N) is 2. The molecule has 0 aliphatic heterocycles. The van der Waals surface area contributed by atoms with E-state index in [-0.39, 0.29) is 6.04 Å². The fourth-order valence-corrected chi connectivity index (χ4v) is 1.14. The maximum absolute atomic E-state index is 5.84. The van der Waals surface area contributed by atoms with Crippen LogP contribution in [0, 0.1) is 0 Å². The molecule has 0 aliphatic rings. The third-order valence-corrected chi connectivity index (χ3v) is 1.72. The quantitative estimate of drug-likeness (QED) is 0.728. The lowest BCUT2D eigenvalue weighted by molar-refractivity contribution is 0.584. The lowest BCUT2D eigenvalue weighted by Gasteiger charge is -2.07. The van der Waals surface area contributed by atoms with Crippen molar-refractivity contribution in [2.24, 2.45) is 5.73 Å². The predicted molar refractivity (Wildman–Crippen MR) is 48.6 cm³/mol. The molecule has 0 fully saturated rings. The minimum atomic E-state index is 0.206. The molecule has 0 saturated carbocycles. The summed E-state index contributed by atoms with van der Waals surface area (Å²) in [6.07, 6.45) is 6.45. The Morgan fingerprint density at radius 2 is 2.08 bits per heavy atom. The van der Waals surface area contributed by atoms with Gasteiger partial charge in [0.25, 0.3) is 0 Å². The second-order valence-electron chi connectivity index (χ2n) is 2.92. The Bertz CT molecular complexity index is 210. The number of hydrogen-bond acceptors (Lipinski definition) is 3. The van der Waals surface area contributed by atoms with E-state index in [1.54, 1.807) is 12.4 Å². The minimum Gasteiger partial charge on any atom is -0.327 e. The summed E-state index contributed by atoms with van der Waals surface area (Å²) >= 11 is 0. The topological polar surface area (TPSA) is 51.8 Å². The molecule has 2 N–H and O–H groups in total. The molecular weight excluding hydrogens is 150 g/mol. The van der Waals surface area contributed by atoms with Gasteiger partial charge in [-0.1, -0.05) is 13.3 Å². The van der Waals surface area contributed by atoms with Crippen LogP contribution in [0.2, 0.25) is 0 Å². The molecule has 0 aliphatic carbocycles. The van der Waals surface area contributed by atoms with Gasteiger partial charge in [0, 0.05) is 24.9 Å². The first-order valence-corrected chi connectivity index (χ1v) is 4.34. The number of aromatic nitrogens is 2. The van der Waals surface area contributed by atoms with Gasteiger partial charge in [0.1, 0.15) is 5.82 Å². The van der Waals surface area contributed by atoms with Crippen LogP contribution in [0.3, 0.4) is 0 Å². The van der Waals surface area contributed by atoms with Crippen LogP contribution < -0.4 is 5.73 Å². The van der Waals surface area contributed by atoms with Gasteiger partial charge in [-0.05, 0) is 12.5 Å². The van der Waals surface area contributed by atoms with E-state index in [0.29, 0.717) is 0 Å². The summed E-state index contributed by atoms with van der Waals surface area (Å²) in [5.74, 6) is 0.846. The Morgan fingerprint density at radius 3 is 2.67 bits per heavy atom. The van der Waals surface area contributed by atoms with Crippen LogP contribution >= 0.6 is 0 Å². The van der Waals surface area contributed by atoms with Crippen molar-refractivity contribution in [1.29, 1.82) is 0 Å². The van der Waals surface area contributed by atoms with Gasteiger partial charge < -0.3 is 5.73 Å². The SMILES string of the molecule is CCCC(N)Cc1ncccn1. The summed E-state index contributed by atoms with van der Waals surface area (Å²) in [5.41, 5.74) is 5.84. The largest absolute Gasteiger partial charge is 0.327 e. The molecule has 0 spiro atoms. The van der Waals surface area contributed by atoms with Crippen LogP contribution in [0.25, 0.3) is 0 Å². The number of hydrogen-bond donors (Lipinski definition) is 1. The second kappa shape index (κ2) is 4.83. The number of rotatable bonds is 4. The molecule has 1 aromatic rings. The fraction of sp³-hybridized carbons (Fsp3) is 0.556. The summed E-state index contributed by atoms with van der Waals surface area (Å²) in [7, 11) is 0. The molecular formula is C9H15N3. The van der Waals surface area contributed by atoms with Crippen molar-refractivity contribution in [2.45, 2.75) is 32.2 Å². The Hall–Kier alpha value is -0.960. The molecule has 0 amide bonds. The van der Waals surface area contributed by atoms with Crippen LogP contribution in [0.1, 0.15) is 25.6 Å². The third kappa shape index (κ3) is 2.96. The Labute approximate surface area is 73.0 Å². The van der Waals surface area contributed by atoms with E-state index < -0.39 is 0 Å². The third-order valence-electron chi connectivity index (χ3n) is 1.72. The lowest BCUT2D eigenvalue weighted by Crippen LogP contribution is -2.23. The summed E-state index contributed by atoms with van der Waals surface area (Å²) < 4.78 is 0. The van der Waals surface area contributed by atoms with Crippen LogP contribution in [-0.2, 0) is 6.42 Å². The van der Waals surface area contributed by atoms with Crippen molar-refractivity contribution in [3.05, 3.63) is 24.3 Å². The molecule has 12 heavy (non-hydrogen) atoms. The zero-order valence-corrected chi connectivity index (χ0v) is 7.40. The zero-order chi connectivity index (χ0) is 8.81. The van der Waals surface area contributed by atoms with Gasteiger partial charge in [0.15, 0.2) is 0 Å². The summed E-state index contributed by atoms with van der Waals surface area (Å²) in [4.78, 5) is 8.22. The Kier molecular flexibility index (Phi) is 3.67. The molecule has 66 valence electrons. The monoisotopic (exact) mass is 165 g/mol. The highest BCUT2D eigenvalue weighted by Gasteiger charge is 2.03. The van der Waals surface area contributed by atoms with E-state index >= 15 is 0 Å². The average molecular weight is 165 g/mol. The van der Waals surface area contributed by atoms with Crippen LogP contribution in [0.5, 0.6) is 0 Å². The van der Waals surface area contributed by atoms with E-state index in [1.165, 1.54) is 0 Å². The molecule has 1 aromatic heterocycles. The van der Waals surface area contributed by atoms with Crippen molar-refractivity contribution >= 4 is 0 Å². The van der Waals surface area contributed by atoms with Crippen molar-refractivity contribution < 1.29 is 0 Å². The minimum absolute atomic E-state index is 0.206. The molecule has 0 bridgehead atoms. The first kappa shape index (κ1) is 9.13. The molecule has 0 aromatic carbocycles. The molecule has 1 heterocycles. The Balaban J connectivity index is 2.41. The highest BCUT2D eigenvalue weighted by Crippen LogP contribution is 1.99. The van der Waals surface area contributed by atoms with Crippen molar-refractivity contribution in [3.8, 4) is 0 Å². The van der Waals surface area contributed by atoms with E-state index in [9.17, 15) is 0 Å². The average Bonchev–Trinajstić information content (AvgIpc) is 2.06. The van der Waals surface area contributed by atoms with E-state index in [4.69, 9.17) is 5.73 Å². The van der Waals surface area contributed by atoms with Gasteiger partial charge in [0.05, 0.1) is 0 Å². The van der Waals surface area contributed by atoms with Crippen LogP contribution in [0.15, 0.2) is 18.5 Å². The highest BCUT2D eigenvalue weighted by atomic mass is 14.9. The molecule has 0 saturated heterocycles. The van der Waals surface area contributed by atoms with Crippen LogP contribution in [0.4, 0.5) is 0 Å². The van der Waals surface area contributed by atoms with Gasteiger partial charge in [0.2, 0.25) is 0 Å². The fourth-order valence-electron chi connectivity index (χ4n) is 1.14. The summed E-state index contributed by atoms with van der Waals surface area (Å²) in [6, 6.07) is 2.02. The van der Waals surface area contributed by atoms with Crippen molar-refractivity contribution in [1.82, 2.24) is 9.97 Å².